The van der Waals surface area contributed by atoms with Crippen LogP contribution in [-0.2, 0) is 4.79 Å². The molecular weight excluding hydrogens is 211 g/mol. The Kier molecular flexibility index (Phi) is 2.49. The van der Waals surface area contributed by atoms with Crippen molar-refractivity contribution >= 4 is 11.6 Å². The third-order valence-electron chi connectivity index (χ3n) is 2.05. The molecule has 0 saturated heterocycles. The highest BCUT2D eigenvalue weighted by atomic mass is 19.1. The Labute approximate surface area is 91.5 Å². The van der Waals surface area contributed by atoms with E-state index in [1.54, 1.807) is 0 Å². The molecule has 0 spiro atoms. The summed E-state index contributed by atoms with van der Waals surface area (Å²) in [4.78, 5) is 11.1. The summed E-state index contributed by atoms with van der Waals surface area (Å²) in [5.41, 5.74) is 6.41. The first kappa shape index (κ1) is 10.4. The molecule has 5 N–H and O–H groups in total. The Hall–Kier alpha value is -2.08. The lowest BCUT2D eigenvalue weighted by Gasteiger charge is -2.34. The van der Waals surface area contributed by atoms with E-state index in [9.17, 15) is 9.18 Å². The summed E-state index contributed by atoms with van der Waals surface area (Å²) in [7, 11) is 0. The van der Waals surface area contributed by atoms with Crippen molar-refractivity contribution in [2.45, 2.75) is 5.91 Å². The van der Waals surface area contributed by atoms with Gasteiger partial charge in [-0.15, -0.1) is 0 Å². The van der Waals surface area contributed by atoms with Gasteiger partial charge < -0.3 is 10.6 Å². The average molecular weight is 222 g/mol. The van der Waals surface area contributed by atoms with Crippen LogP contribution in [0.2, 0.25) is 0 Å². The van der Waals surface area contributed by atoms with Gasteiger partial charge in [0.1, 0.15) is 5.82 Å². The lowest BCUT2D eigenvalue weighted by molar-refractivity contribution is -0.118. The second-order valence-electron chi connectivity index (χ2n) is 3.41. The monoisotopic (exact) mass is 222 g/mol. The van der Waals surface area contributed by atoms with Crippen LogP contribution in [0.5, 0.6) is 0 Å². The second kappa shape index (κ2) is 3.82. The van der Waals surface area contributed by atoms with Gasteiger partial charge in [-0.1, -0.05) is 0 Å². The molecule has 1 aromatic rings. The van der Waals surface area contributed by atoms with Gasteiger partial charge in [-0.3, -0.25) is 15.8 Å². The van der Waals surface area contributed by atoms with Crippen molar-refractivity contribution in [3.8, 4) is 0 Å². The molecule has 16 heavy (non-hydrogen) atoms. The molecular formula is C10H11FN4O. The first-order valence-corrected chi connectivity index (χ1v) is 4.66. The van der Waals surface area contributed by atoms with Gasteiger partial charge in [0, 0.05) is 18.0 Å². The van der Waals surface area contributed by atoms with Crippen molar-refractivity contribution in [1.29, 1.82) is 0 Å². The maximum atomic E-state index is 12.7. The Morgan fingerprint density at radius 3 is 2.62 bits per heavy atom. The minimum absolute atomic E-state index is 0.309. The van der Waals surface area contributed by atoms with Gasteiger partial charge >= 0.3 is 0 Å². The highest BCUT2D eigenvalue weighted by Gasteiger charge is 2.27. The molecule has 0 radical (unpaired) electrons. The van der Waals surface area contributed by atoms with Crippen LogP contribution >= 0.6 is 0 Å². The number of amides is 1. The van der Waals surface area contributed by atoms with Crippen molar-refractivity contribution < 1.29 is 9.18 Å². The Bertz CT molecular complexity index is 431. The van der Waals surface area contributed by atoms with Gasteiger partial charge in [-0.2, -0.15) is 0 Å². The minimum atomic E-state index is -1.26. The molecule has 84 valence electrons. The van der Waals surface area contributed by atoms with E-state index in [1.807, 2.05) is 0 Å². The molecule has 1 atom stereocenters. The smallest absolute Gasteiger partial charge is 0.249 e. The van der Waals surface area contributed by atoms with E-state index in [2.05, 4.69) is 16.0 Å². The molecule has 0 saturated carbocycles. The van der Waals surface area contributed by atoms with E-state index in [0.717, 1.165) is 0 Å². The van der Waals surface area contributed by atoms with Gasteiger partial charge in [0.25, 0.3) is 0 Å². The number of halogens is 1. The molecule has 0 aromatic heterocycles. The third kappa shape index (κ3) is 2.29. The van der Waals surface area contributed by atoms with E-state index in [1.165, 1.54) is 36.5 Å². The van der Waals surface area contributed by atoms with Crippen LogP contribution in [0, 0.1) is 5.82 Å². The lowest BCUT2D eigenvalue weighted by Crippen LogP contribution is -2.70. The van der Waals surface area contributed by atoms with Crippen molar-refractivity contribution in [3.05, 3.63) is 42.4 Å². The number of benzene rings is 1. The minimum Gasteiger partial charge on any atom is -0.339 e. The Morgan fingerprint density at radius 1 is 1.31 bits per heavy atom. The van der Waals surface area contributed by atoms with Crippen LogP contribution in [0.4, 0.5) is 10.1 Å². The summed E-state index contributed by atoms with van der Waals surface area (Å²) in [6, 6.07) is 5.64. The molecule has 1 heterocycles. The predicted molar refractivity (Wildman–Crippen MR) is 57.4 cm³/mol. The van der Waals surface area contributed by atoms with E-state index in [-0.39, 0.29) is 11.7 Å². The zero-order valence-corrected chi connectivity index (χ0v) is 8.33. The average Bonchev–Trinajstić information content (AvgIpc) is 2.21. The van der Waals surface area contributed by atoms with Crippen LogP contribution in [-0.4, -0.2) is 11.8 Å². The summed E-state index contributed by atoms with van der Waals surface area (Å²) < 4.78 is 12.7. The molecule has 1 aliphatic heterocycles. The fourth-order valence-corrected chi connectivity index (χ4v) is 1.35. The molecule has 1 aromatic carbocycles. The summed E-state index contributed by atoms with van der Waals surface area (Å²) in [5, 5.41) is 8.07. The van der Waals surface area contributed by atoms with Crippen LogP contribution < -0.4 is 21.7 Å². The van der Waals surface area contributed by atoms with Gasteiger partial charge in [0.05, 0.1) is 0 Å². The molecule has 1 unspecified atom stereocenters. The van der Waals surface area contributed by atoms with E-state index in [4.69, 9.17) is 5.73 Å². The molecule has 1 amide bonds. The fraction of sp³-hybridized carbons (Fsp3) is 0.100. The predicted octanol–water partition coefficient (Wildman–Crippen LogP) is 0.0407. The number of hydrogen-bond acceptors (Lipinski definition) is 4. The van der Waals surface area contributed by atoms with Crippen LogP contribution in [0.1, 0.15) is 0 Å². The van der Waals surface area contributed by atoms with E-state index < -0.39 is 5.91 Å². The number of anilines is 1. The summed E-state index contributed by atoms with van der Waals surface area (Å²) >= 11 is 0. The summed E-state index contributed by atoms with van der Waals surface area (Å²) in [5.74, 6) is -1.91. The topological polar surface area (TPSA) is 79.2 Å². The van der Waals surface area contributed by atoms with Crippen molar-refractivity contribution in [2.24, 2.45) is 5.73 Å². The van der Waals surface area contributed by atoms with Crippen molar-refractivity contribution in [2.75, 3.05) is 5.32 Å². The third-order valence-corrected chi connectivity index (χ3v) is 2.05. The quantitative estimate of drug-likeness (QED) is 0.533. The highest BCUT2D eigenvalue weighted by Crippen LogP contribution is 2.11. The van der Waals surface area contributed by atoms with Gasteiger partial charge in [0.2, 0.25) is 11.8 Å². The Balaban J connectivity index is 2.12. The SMILES string of the molecule is NC1(Nc2ccc(F)cc2)NC=CC(=O)N1. The van der Waals surface area contributed by atoms with E-state index in [0.29, 0.717) is 5.69 Å². The molecule has 5 nitrogen and oxygen atoms in total. The molecule has 2 rings (SSSR count). The molecule has 0 aliphatic carbocycles. The molecule has 6 heteroatoms. The number of carbonyl (C=O) groups is 1. The standard InChI is InChI=1S/C10H11FN4O/c11-7-1-3-8(4-2-7)14-10(12)13-6-5-9(16)15-10/h1-6,13-14H,12H2,(H,15,16). The largest absolute Gasteiger partial charge is 0.339 e. The lowest BCUT2D eigenvalue weighted by atomic mass is 10.3. The maximum absolute atomic E-state index is 12.7. The molecule has 0 fully saturated rings. The van der Waals surface area contributed by atoms with E-state index >= 15 is 0 Å². The molecule has 0 bridgehead atoms. The van der Waals surface area contributed by atoms with Gasteiger partial charge in [0.15, 0.2) is 0 Å². The summed E-state index contributed by atoms with van der Waals surface area (Å²) in [6.45, 7) is 0. The molecule has 1 aliphatic rings. The normalized spacial score (nSPS) is 23.5. The highest BCUT2D eigenvalue weighted by molar-refractivity contribution is 5.89. The van der Waals surface area contributed by atoms with Gasteiger partial charge in [-0.25, -0.2) is 4.39 Å². The maximum Gasteiger partial charge on any atom is 0.249 e. The van der Waals surface area contributed by atoms with Crippen LogP contribution in [0.25, 0.3) is 0 Å². The first-order chi connectivity index (χ1) is 7.57. The first-order valence-electron chi connectivity index (χ1n) is 4.66. The van der Waals surface area contributed by atoms with Crippen molar-refractivity contribution in [3.63, 3.8) is 0 Å². The zero-order chi connectivity index (χ0) is 11.6. The fourth-order valence-electron chi connectivity index (χ4n) is 1.35. The Morgan fingerprint density at radius 2 is 2.00 bits per heavy atom. The van der Waals surface area contributed by atoms with Gasteiger partial charge in [-0.05, 0) is 24.3 Å². The van der Waals surface area contributed by atoms with Crippen molar-refractivity contribution in [1.82, 2.24) is 10.6 Å². The number of hydrogen-bond donors (Lipinski definition) is 4. The van der Waals surface area contributed by atoms with Crippen LogP contribution in [0.15, 0.2) is 36.5 Å². The summed E-state index contributed by atoms with van der Waals surface area (Å²) in [6.07, 6.45) is 2.76. The zero-order valence-electron chi connectivity index (χ0n) is 8.33. The number of nitrogens with one attached hydrogen (secondary N) is 3. The number of nitrogens with two attached hydrogens (primary N) is 1. The number of rotatable bonds is 2. The second-order valence-corrected chi connectivity index (χ2v) is 3.41. The number of carbonyl (C=O) groups excluding carboxylic acids is 1. The van der Waals surface area contributed by atoms with Crippen LogP contribution in [0.3, 0.4) is 0 Å².